The van der Waals surface area contributed by atoms with Gasteiger partial charge in [-0.1, -0.05) is 35.9 Å². The zero-order valence-corrected chi connectivity index (χ0v) is 20.0. The van der Waals surface area contributed by atoms with E-state index in [1.54, 1.807) is 24.0 Å². The van der Waals surface area contributed by atoms with Crippen molar-refractivity contribution in [1.82, 2.24) is 9.62 Å². The minimum absolute atomic E-state index is 0.0600. The van der Waals surface area contributed by atoms with Crippen molar-refractivity contribution in [1.29, 1.82) is 0 Å². The number of fused-ring (bicyclic) bond motifs is 1. The van der Waals surface area contributed by atoms with Gasteiger partial charge in [0, 0.05) is 29.2 Å². The van der Waals surface area contributed by atoms with Gasteiger partial charge in [0.1, 0.15) is 11.4 Å². The molecule has 1 fully saturated rings. The quantitative estimate of drug-likeness (QED) is 0.604. The number of ketones is 2. The van der Waals surface area contributed by atoms with Crippen LogP contribution in [0.3, 0.4) is 0 Å². The number of esters is 1. The molecular formula is C24H23ClN2O6S. The summed E-state index contributed by atoms with van der Waals surface area (Å²) in [6.07, 6.45) is 1.15. The Balaban J connectivity index is 1.78. The highest BCUT2D eigenvalue weighted by atomic mass is 35.5. The van der Waals surface area contributed by atoms with Crippen molar-refractivity contribution >= 4 is 39.2 Å². The summed E-state index contributed by atoms with van der Waals surface area (Å²) in [5, 5.41) is 0.357. The molecule has 1 aliphatic heterocycles. The highest BCUT2D eigenvalue weighted by Gasteiger charge is 2.39. The summed E-state index contributed by atoms with van der Waals surface area (Å²) < 4.78 is 33.7. The van der Waals surface area contributed by atoms with E-state index in [-0.39, 0.29) is 46.5 Å². The largest absolute Gasteiger partial charge is 0.466 e. The smallest absolute Gasteiger partial charge is 0.310 e. The first kappa shape index (κ1) is 24.0. The molecule has 1 unspecified atom stereocenters. The molecule has 2 aromatic rings. The van der Waals surface area contributed by atoms with Crippen LogP contribution >= 0.6 is 11.6 Å². The lowest BCUT2D eigenvalue weighted by Crippen LogP contribution is -2.45. The summed E-state index contributed by atoms with van der Waals surface area (Å²) in [6.45, 7) is 2.47. The second kappa shape index (κ2) is 9.60. The normalized spacial score (nSPS) is 18.5. The Morgan fingerprint density at radius 1 is 1.09 bits per heavy atom. The van der Waals surface area contributed by atoms with E-state index in [0.717, 1.165) is 0 Å². The molecule has 10 heteroatoms. The van der Waals surface area contributed by atoms with Crippen LogP contribution in [0.2, 0.25) is 5.02 Å². The Labute approximate surface area is 202 Å². The van der Waals surface area contributed by atoms with Gasteiger partial charge < -0.3 is 9.64 Å². The molecule has 0 aromatic heterocycles. The van der Waals surface area contributed by atoms with Crippen LogP contribution in [0.5, 0.6) is 0 Å². The first-order valence-corrected chi connectivity index (χ1v) is 12.7. The molecule has 0 amide bonds. The van der Waals surface area contributed by atoms with E-state index in [2.05, 4.69) is 4.72 Å². The zero-order valence-electron chi connectivity index (χ0n) is 18.4. The Morgan fingerprint density at radius 3 is 2.38 bits per heavy atom. The number of nitrogens with zero attached hydrogens (tertiary/aromatic N) is 1. The van der Waals surface area contributed by atoms with Gasteiger partial charge in [-0.2, -0.15) is 0 Å². The molecule has 1 atom stereocenters. The Kier molecular flexibility index (Phi) is 6.77. The topological polar surface area (TPSA) is 110 Å². The first-order valence-electron chi connectivity index (χ1n) is 10.9. The summed E-state index contributed by atoms with van der Waals surface area (Å²) >= 11 is 5.87. The monoisotopic (exact) mass is 502 g/mol. The van der Waals surface area contributed by atoms with Gasteiger partial charge in [0.2, 0.25) is 11.6 Å². The van der Waals surface area contributed by atoms with Crippen LogP contribution in [0.25, 0.3) is 0 Å². The van der Waals surface area contributed by atoms with Gasteiger partial charge in [0.05, 0.1) is 17.4 Å². The average molecular weight is 503 g/mol. The number of ether oxygens (including phenoxy) is 1. The van der Waals surface area contributed by atoms with Crippen molar-refractivity contribution < 1.29 is 27.5 Å². The van der Waals surface area contributed by atoms with E-state index < -0.39 is 27.5 Å². The molecule has 1 N–H and O–H groups in total. The molecule has 1 aliphatic carbocycles. The van der Waals surface area contributed by atoms with Gasteiger partial charge in [-0.3, -0.25) is 19.1 Å². The van der Waals surface area contributed by atoms with Crippen molar-refractivity contribution in [2.24, 2.45) is 5.92 Å². The minimum Gasteiger partial charge on any atom is -0.466 e. The van der Waals surface area contributed by atoms with E-state index in [0.29, 0.717) is 24.4 Å². The van der Waals surface area contributed by atoms with Gasteiger partial charge >= 0.3 is 5.97 Å². The number of likely N-dealkylation sites (tertiary alicyclic amines) is 1. The molecule has 1 heterocycles. The number of allylic oxidation sites excluding steroid dienone is 2. The predicted molar refractivity (Wildman–Crippen MR) is 125 cm³/mol. The molecule has 2 aliphatic rings. The molecule has 0 saturated carbocycles. The summed E-state index contributed by atoms with van der Waals surface area (Å²) in [5.41, 5.74) is -0.0856. The molecule has 8 nitrogen and oxygen atoms in total. The van der Waals surface area contributed by atoms with Crippen molar-refractivity contribution in [2.75, 3.05) is 19.7 Å². The third-order valence-electron chi connectivity index (χ3n) is 5.81. The van der Waals surface area contributed by atoms with Crippen LogP contribution in [0, 0.1) is 5.92 Å². The molecule has 1 saturated heterocycles. The molecule has 0 radical (unpaired) electrons. The lowest BCUT2D eigenvalue weighted by atomic mass is 9.88. The van der Waals surface area contributed by atoms with Gasteiger partial charge in [-0.15, -0.1) is 0 Å². The number of sulfonamides is 1. The Morgan fingerprint density at radius 2 is 1.74 bits per heavy atom. The van der Waals surface area contributed by atoms with Gasteiger partial charge in [0.15, 0.2) is 0 Å². The lowest BCUT2D eigenvalue weighted by molar-refractivity contribution is -0.149. The standard InChI is InChI=1S/C24H23ClN2O6S/c1-2-33-24(30)15-6-5-13-27(14-15)21-20(22(28)18-7-3-4-8-19(18)23(21)29)26-34(31,32)17-11-9-16(25)10-12-17/h3-4,7-12,15,26H,2,5-6,13-14H2,1H3. The number of hydrogen-bond donors (Lipinski definition) is 1. The van der Waals surface area contributed by atoms with E-state index >= 15 is 0 Å². The molecule has 0 spiro atoms. The van der Waals surface area contributed by atoms with Gasteiger partial charge in [-0.25, -0.2) is 8.42 Å². The fraction of sp³-hybridized carbons (Fsp3) is 0.292. The third kappa shape index (κ3) is 4.58. The zero-order chi connectivity index (χ0) is 24.5. The van der Waals surface area contributed by atoms with Crippen LogP contribution in [0.4, 0.5) is 0 Å². The summed E-state index contributed by atoms with van der Waals surface area (Å²) in [4.78, 5) is 40.8. The second-order valence-corrected chi connectivity index (χ2v) is 10.1. The summed E-state index contributed by atoms with van der Waals surface area (Å²) in [7, 11) is -4.20. The van der Waals surface area contributed by atoms with E-state index in [1.165, 1.54) is 36.4 Å². The van der Waals surface area contributed by atoms with Gasteiger partial charge in [-0.05, 0) is 44.0 Å². The number of benzene rings is 2. The van der Waals surface area contributed by atoms with E-state index in [9.17, 15) is 22.8 Å². The Hall–Kier alpha value is -3.17. The number of halogens is 1. The molecule has 178 valence electrons. The SMILES string of the molecule is CCOC(=O)C1CCCN(C2=C(NS(=O)(=O)c3ccc(Cl)cc3)C(=O)c3ccccc3C2=O)C1. The van der Waals surface area contributed by atoms with Crippen LogP contribution in [0.15, 0.2) is 64.8 Å². The number of hydrogen-bond acceptors (Lipinski definition) is 7. The number of nitrogens with one attached hydrogen (secondary N) is 1. The highest BCUT2D eigenvalue weighted by Crippen LogP contribution is 2.31. The number of rotatable bonds is 6. The van der Waals surface area contributed by atoms with Crippen molar-refractivity contribution in [3.05, 3.63) is 76.1 Å². The maximum Gasteiger partial charge on any atom is 0.310 e. The lowest BCUT2D eigenvalue weighted by Gasteiger charge is -2.36. The fourth-order valence-corrected chi connectivity index (χ4v) is 5.39. The number of Topliss-reactive ketones (excluding diaryl/α,β-unsaturated/α-hetero) is 2. The van der Waals surface area contributed by atoms with Crippen LogP contribution in [-0.4, -0.2) is 50.5 Å². The third-order valence-corrected chi connectivity index (χ3v) is 7.43. The number of carbonyl (C=O) groups excluding carboxylic acids is 3. The summed E-state index contributed by atoms with van der Waals surface area (Å²) in [6, 6.07) is 11.7. The average Bonchev–Trinajstić information content (AvgIpc) is 2.83. The molecular weight excluding hydrogens is 480 g/mol. The van der Waals surface area contributed by atoms with Crippen molar-refractivity contribution in [3.8, 4) is 0 Å². The maximum atomic E-state index is 13.5. The van der Waals surface area contributed by atoms with Crippen molar-refractivity contribution in [3.63, 3.8) is 0 Å². The number of piperidine rings is 1. The molecule has 0 bridgehead atoms. The fourth-order valence-electron chi connectivity index (χ4n) is 4.20. The van der Waals surface area contributed by atoms with Crippen molar-refractivity contribution in [2.45, 2.75) is 24.7 Å². The first-order chi connectivity index (χ1) is 16.2. The van der Waals surface area contributed by atoms with Crippen LogP contribution in [0.1, 0.15) is 40.5 Å². The summed E-state index contributed by atoms with van der Waals surface area (Å²) in [5.74, 6) is -1.96. The maximum absolute atomic E-state index is 13.5. The number of carbonyl (C=O) groups is 3. The van der Waals surface area contributed by atoms with Crippen LogP contribution < -0.4 is 4.72 Å². The second-order valence-electron chi connectivity index (χ2n) is 8.02. The molecule has 2 aromatic carbocycles. The highest BCUT2D eigenvalue weighted by molar-refractivity contribution is 7.89. The predicted octanol–water partition coefficient (Wildman–Crippen LogP) is 3.18. The Bertz CT molecular complexity index is 1290. The molecule has 4 rings (SSSR count). The minimum atomic E-state index is -4.20. The van der Waals surface area contributed by atoms with Gasteiger partial charge in [0.25, 0.3) is 10.0 Å². The van der Waals surface area contributed by atoms with E-state index in [1.807, 2.05) is 0 Å². The van der Waals surface area contributed by atoms with E-state index in [4.69, 9.17) is 16.3 Å². The molecule has 34 heavy (non-hydrogen) atoms. The van der Waals surface area contributed by atoms with Crippen LogP contribution in [-0.2, 0) is 19.6 Å².